The number of benzene rings is 1. The van der Waals surface area contributed by atoms with Gasteiger partial charge < -0.3 is 19.3 Å². The van der Waals surface area contributed by atoms with Crippen molar-refractivity contribution in [3.8, 4) is 11.5 Å². The number of hydrogen-bond acceptors (Lipinski definition) is 5. The molecule has 5 heteroatoms. The Morgan fingerprint density at radius 3 is 2.86 bits per heavy atom. The molecule has 0 bridgehead atoms. The summed E-state index contributed by atoms with van der Waals surface area (Å²) in [6.07, 6.45) is 1.00. The first-order valence-corrected chi connectivity index (χ1v) is 7.85. The average Bonchev–Trinajstić information content (AvgIpc) is 2.81. The smallest absolute Gasteiger partial charge is 0.181 e. The third kappa shape index (κ3) is 1.58. The standard InChI is InChI=1S/C17H20O5/c1-3-6-17-12-7-9(18)8-13(17)22-16(19)10-4-5-11(20-2)15(21-12)14(10)17/h4-5,12-13,16,19H,3,6-8H2,1-2H3/t12-,13-,16?,17-/m0/s1. The van der Waals surface area contributed by atoms with Crippen LogP contribution >= 0.6 is 0 Å². The molecule has 1 fully saturated rings. The first-order valence-electron chi connectivity index (χ1n) is 7.85. The van der Waals surface area contributed by atoms with Gasteiger partial charge in [-0.15, -0.1) is 0 Å². The van der Waals surface area contributed by atoms with Crippen LogP contribution in [0.25, 0.3) is 0 Å². The Balaban J connectivity index is 1.99. The summed E-state index contributed by atoms with van der Waals surface area (Å²) in [4.78, 5) is 12.1. The maximum absolute atomic E-state index is 12.1. The molecule has 1 aliphatic carbocycles. The molecule has 1 aromatic rings. The lowest BCUT2D eigenvalue weighted by molar-refractivity contribution is -0.194. The van der Waals surface area contributed by atoms with Crippen molar-refractivity contribution in [1.82, 2.24) is 0 Å². The zero-order valence-corrected chi connectivity index (χ0v) is 12.8. The molecule has 0 spiro atoms. The highest BCUT2D eigenvalue weighted by atomic mass is 16.6. The van der Waals surface area contributed by atoms with Crippen molar-refractivity contribution >= 4 is 5.78 Å². The third-order valence-electron chi connectivity index (χ3n) is 5.30. The molecule has 22 heavy (non-hydrogen) atoms. The van der Waals surface area contributed by atoms with Gasteiger partial charge in [0.1, 0.15) is 11.9 Å². The van der Waals surface area contributed by atoms with E-state index in [0.29, 0.717) is 24.3 Å². The van der Waals surface area contributed by atoms with Gasteiger partial charge in [0.15, 0.2) is 17.8 Å². The lowest BCUT2D eigenvalue weighted by Crippen LogP contribution is -2.56. The topological polar surface area (TPSA) is 65.0 Å². The number of aliphatic hydroxyl groups excluding tert-OH is 1. The highest BCUT2D eigenvalue weighted by molar-refractivity contribution is 5.82. The van der Waals surface area contributed by atoms with Crippen LogP contribution in [0.3, 0.4) is 0 Å². The summed E-state index contributed by atoms with van der Waals surface area (Å²) in [6, 6.07) is 3.64. The van der Waals surface area contributed by atoms with Crippen molar-refractivity contribution in [3.05, 3.63) is 23.3 Å². The van der Waals surface area contributed by atoms with E-state index in [-0.39, 0.29) is 23.4 Å². The molecule has 5 nitrogen and oxygen atoms in total. The molecule has 1 unspecified atom stereocenters. The number of aliphatic hydroxyl groups is 1. The fourth-order valence-corrected chi connectivity index (χ4v) is 4.48. The minimum atomic E-state index is -1.01. The zero-order valence-electron chi connectivity index (χ0n) is 12.8. The van der Waals surface area contributed by atoms with Crippen molar-refractivity contribution in [1.29, 1.82) is 0 Å². The predicted molar refractivity (Wildman–Crippen MR) is 78.1 cm³/mol. The van der Waals surface area contributed by atoms with Gasteiger partial charge in [0.05, 0.1) is 18.6 Å². The number of rotatable bonds is 3. The van der Waals surface area contributed by atoms with Gasteiger partial charge >= 0.3 is 0 Å². The van der Waals surface area contributed by atoms with E-state index in [2.05, 4.69) is 6.92 Å². The zero-order chi connectivity index (χ0) is 15.5. The largest absolute Gasteiger partial charge is 0.493 e. The summed E-state index contributed by atoms with van der Waals surface area (Å²) >= 11 is 0. The average molecular weight is 304 g/mol. The molecule has 0 radical (unpaired) electrons. The summed E-state index contributed by atoms with van der Waals surface area (Å²) in [5.74, 6) is 1.47. The molecule has 0 aromatic heterocycles. The second-order valence-electron chi connectivity index (χ2n) is 6.38. The van der Waals surface area contributed by atoms with Gasteiger partial charge in [-0.2, -0.15) is 0 Å². The van der Waals surface area contributed by atoms with E-state index < -0.39 is 6.29 Å². The Morgan fingerprint density at radius 2 is 2.14 bits per heavy atom. The van der Waals surface area contributed by atoms with E-state index >= 15 is 0 Å². The van der Waals surface area contributed by atoms with Crippen molar-refractivity contribution in [2.24, 2.45) is 0 Å². The summed E-state index contributed by atoms with van der Waals surface area (Å²) in [5, 5.41) is 10.3. The van der Waals surface area contributed by atoms with E-state index in [0.717, 1.165) is 24.0 Å². The second-order valence-corrected chi connectivity index (χ2v) is 6.38. The molecule has 0 amide bonds. The number of Topliss-reactive ketones (excluding diaryl/α,β-unsaturated/α-hetero) is 1. The molecule has 118 valence electrons. The Bertz CT molecular complexity index is 640. The molecule has 4 rings (SSSR count). The lowest BCUT2D eigenvalue weighted by atomic mass is 9.61. The maximum Gasteiger partial charge on any atom is 0.181 e. The van der Waals surface area contributed by atoms with Gasteiger partial charge in [0.25, 0.3) is 0 Å². The number of methoxy groups -OCH3 is 1. The molecular formula is C17H20O5. The van der Waals surface area contributed by atoms with E-state index in [9.17, 15) is 9.90 Å². The van der Waals surface area contributed by atoms with Crippen LogP contribution in [0, 0.1) is 0 Å². The summed E-state index contributed by atoms with van der Waals surface area (Å²) < 4.78 is 17.4. The van der Waals surface area contributed by atoms with Gasteiger partial charge in [0.2, 0.25) is 0 Å². The van der Waals surface area contributed by atoms with Crippen molar-refractivity contribution < 1.29 is 24.1 Å². The van der Waals surface area contributed by atoms with Gasteiger partial charge in [-0.05, 0) is 18.6 Å². The first kappa shape index (κ1) is 14.0. The Hall–Kier alpha value is -1.59. The molecule has 1 aromatic carbocycles. The minimum Gasteiger partial charge on any atom is -0.493 e. The van der Waals surface area contributed by atoms with Crippen LogP contribution < -0.4 is 9.47 Å². The third-order valence-corrected chi connectivity index (χ3v) is 5.30. The summed E-state index contributed by atoms with van der Waals surface area (Å²) in [7, 11) is 1.61. The number of ether oxygens (including phenoxy) is 3. The van der Waals surface area contributed by atoms with E-state index in [1.807, 2.05) is 6.07 Å². The Kier molecular flexibility index (Phi) is 3.00. The minimum absolute atomic E-state index is 0.129. The molecule has 2 heterocycles. The van der Waals surface area contributed by atoms with Gasteiger partial charge in [-0.25, -0.2) is 0 Å². The highest BCUT2D eigenvalue weighted by Crippen LogP contribution is 2.60. The van der Waals surface area contributed by atoms with Crippen LogP contribution in [0.4, 0.5) is 0 Å². The molecule has 1 saturated carbocycles. The monoisotopic (exact) mass is 304 g/mol. The predicted octanol–water partition coefficient (Wildman–Crippen LogP) is 2.25. The number of carbonyl (C=O) groups excluding carboxylic acids is 1. The van der Waals surface area contributed by atoms with E-state index in [1.165, 1.54) is 0 Å². The molecule has 2 aliphatic heterocycles. The number of hydrogen-bond donors (Lipinski definition) is 1. The summed E-state index contributed by atoms with van der Waals surface area (Å²) in [6.45, 7) is 2.12. The van der Waals surface area contributed by atoms with Crippen LogP contribution in [0.2, 0.25) is 0 Å². The normalized spacial score (nSPS) is 35.0. The van der Waals surface area contributed by atoms with Crippen molar-refractivity contribution in [3.63, 3.8) is 0 Å². The SMILES string of the molecule is CCC[C@]12c3c4ccc(OC)c3O[C@H]1CC(=O)C[C@@H]2OC4O. The second kappa shape index (κ2) is 4.70. The van der Waals surface area contributed by atoms with E-state index in [1.54, 1.807) is 13.2 Å². The van der Waals surface area contributed by atoms with Crippen LogP contribution in [0.15, 0.2) is 12.1 Å². The van der Waals surface area contributed by atoms with Crippen LogP contribution in [-0.2, 0) is 14.9 Å². The lowest BCUT2D eigenvalue weighted by Gasteiger charge is -2.48. The van der Waals surface area contributed by atoms with Crippen molar-refractivity contribution in [2.75, 3.05) is 7.11 Å². The van der Waals surface area contributed by atoms with Crippen LogP contribution in [-0.4, -0.2) is 30.2 Å². The van der Waals surface area contributed by atoms with Gasteiger partial charge in [-0.3, -0.25) is 4.79 Å². The Labute approximate surface area is 129 Å². The van der Waals surface area contributed by atoms with Crippen molar-refractivity contribution in [2.45, 2.75) is 56.5 Å². The van der Waals surface area contributed by atoms with Crippen LogP contribution in [0.1, 0.15) is 50.0 Å². The van der Waals surface area contributed by atoms with Crippen LogP contribution in [0.5, 0.6) is 11.5 Å². The molecule has 1 N–H and O–H groups in total. The summed E-state index contributed by atoms with van der Waals surface area (Å²) in [5.41, 5.74) is 1.40. The number of carbonyl (C=O) groups is 1. The molecule has 0 saturated heterocycles. The molecule has 4 atom stereocenters. The fraction of sp³-hybridized carbons (Fsp3) is 0.588. The highest BCUT2D eigenvalue weighted by Gasteiger charge is 2.62. The van der Waals surface area contributed by atoms with Gasteiger partial charge in [0, 0.05) is 24.0 Å². The maximum atomic E-state index is 12.1. The molecule has 3 aliphatic rings. The quantitative estimate of drug-likeness (QED) is 0.928. The number of ketones is 1. The first-order chi connectivity index (χ1) is 10.6. The Morgan fingerprint density at radius 1 is 1.36 bits per heavy atom. The molecular weight excluding hydrogens is 284 g/mol. The fourth-order valence-electron chi connectivity index (χ4n) is 4.48. The van der Waals surface area contributed by atoms with E-state index in [4.69, 9.17) is 14.2 Å². The van der Waals surface area contributed by atoms with Gasteiger partial charge in [-0.1, -0.05) is 13.3 Å².